The number of rotatable bonds is 15. The third-order valence-electron chi connectivity index (χ3n) is 8.86. The Morgan fingerprint density at radius 2 is 1.21 bits per heavy atom. The maximum Gasteiger partial charge on any atom is 0.364 e. The molecule has 15 N–H and O–H groups in total. The molecule has 0 aliphatic carbocycles. The molecule has 0 spiro atoms. The summed E-state index contributed by atoms with van der Waals surface area (Å²) in [5, 5.41) is 139. The number of aliphatic hydroxyl groups is 11. The first-order valence-electron chi connectivity index (χ1n) is 15.8. The van der Waals surface area contributed by atoms with Crippen LogP contribution in [0.15, 0.2) is 0 Å². The third-order valence-corrected chi connectivity index (χ3v) is 8.86. The lowest BCUT2D eigenvalue weighted by Crippen LogP contribution is -2.70. The number of ether oxygens (including phenoxy) is 5. The second-order valence-electron chi connectivity index (χ2n) is 12.7. The normalized spacial score (nSPS) is 40.5. The van der Waals surface area contributed by atoms with E-state index in [1.807, 2.05) is 0 Å². The Labute approximate surface area is 293 Å². The second-order valence-corrected chi connectivity index (χ2v) is 12.7. The number of aliphatic hydroxyl groups excluding tert-OH is 11. The van der Waals surface area contributed by atoms with Gasteiger partial charge >= 0.3 is 11.9 Å². The van der Waals surface area contributed by atoms with Gasteiger partial charge < -0.3 is 101 Å². The number of aliphatic carboxylic acids is 2. The van der Waals surface area contributed by atoms with Gasteiger partial charge in [-0.3, -0.25) is 9.59 Å². The van der Waals surface area contributed by atoms with Gasteiger partial charge in [-0.1, -0.05) is 0 Å². The van der Waals surface area contributed by atoms with Crippen molar-refractivity contribution >= 4 is 23.8 Å². The number of carbonyl (C=O) groups is 4. The topological polar surface area (TPSA) is 401 Å². The minimum absolute atomic E-state index is 0.800. The Hall–Kier alpha value is -2.76. The molecule has 3 rings (SSSR count). The molecule has 24 heteroatoms. The van der Waals surface area contributed by atoms with Crippen LogP contribution < -0.4 is 10.6 Å². The molecular formula is C28H46N2O22. The Morgan fingerprint density at radius 1 is 0.731 bits per heavy atom. The van der Waals surface area contributed by atoms with E-state index in [9.17, 15) is 85.6 Å². The lowest BCUT2D eigenvalue weighted by Gasteiger charge is -2.49. The number of nitrogens with one attached hydrogen (secondary N) is 2. The number of carboxylic acids is 2. The molecule has 0 aromatic rings. The third kappa shape index (κ3) is 9.30. The van der Waals surface area contributed by atoms with E-state index in [-0.39, 0.29) is 0 Å². The van der Waals surface area contributed by atoms with Crippen molar-refractivity contribution in [2.75, 3.05) is 19.8 Å². The molecule has 52 heavy (non-hydrogen) atoms. The van der Waals surface area contributed by atoms with Crippen LogP contribution in [0, 0.1) is 0 Å². The van der Waals surface area contributed by atoms with Crippen molar-refractivity contribution in [2.45, 2.75) is 130 Å². The van der Waals surface area contributed by atoms with Crippen LogP contribution in [-0.4, -0.2) is 213 Å². The quantitative estimate of drug-likeness (QED) is 0.0736. The van der Waals surface area contributed by atoms with Crippen molar-refractivity contribution in [3.8, 4) is 0 Å². The first-order chi connectivity index (χ1) is 24.1. The van der Waals surface area contributed by atoms with Gasteiger partial charge in [-0.15, -0.1) is 0 Å². The van der Waals surface area contributed by atoms with E-state index < -0.39 is 160 Å². The van der Waals surface area contributed by atoms with E-state index in [1.165, 1.54) is 0 Å². The van der Waals surface area contributed by atoms with Crippen molar-refractivity contribution in [3.63, 3.8) is 0 Å². The molecule has 24 nitrogen and oxygen atoms in total. The van der Waals surface area contributed by atoms with Crippen LogP contribution in [-0.2, 0) is 42.9 Å². The Morgan fingerprint density at radius 3 is 1.67 bits per heavy atom. The van der Waals surface area contributed by atoms with Gasteiger partial charge in [-0.25, -0.2) is 9.59 Å². The summed E-state index contributed by atoms with van der Waals surface area (Å²) in [5.41, 5.74) is 0. The SMILES string of the molecule is CC(=O)N[C@H]1[C@H]([C@H](O)[C@H](O)CO)O[C@@](O[C@H](CO)[C@@H](O)[C@@H]2O[C@@](OC[C@H]3O[C@H](O)[C@H](O)[C@@H](O)[C@H]3O)(C(=O)O)C[C@H](O)[C@H]2NC(C)=O)(C(=O)O)C[C@@H]1O. The molecule has 0 unspecified atom stereocenters. The average molecular weight is 763 g/mol. The van der Waals surface area contributed by atoms with Gasteiger partial charge in [0.15, 0.2) is 6.29 Å². The predicted octanol–water partition coefficient (Wildman–Crippen LogP) is -8.87. The van der Waals surface area contributed by atoms with Crippen LogP contribution in [0.25, 0.3) is 0 Å². The van der Waals surface area contributed by atoms with Crippen LogP contribution in [0.4, 0.5) is 0 Å². The molecule has 0 aromatic heterocycles. The summed E-state index contributed by atoms with van der Waals surface area (Å²) in [5.74, 6) is -11.8. The number of carboxylic acid groups (broad SMARTS) is 2. The molecule has 3 heterocycles. The van der Waals surface area contributed by atoms with Crippen LogP contribution in [0.5, 0.6) is 0 Å². The first kappa shape index (κ1) is 43.6. The van der Waals surface area contributed by atoms with Gasteiger partial charge in [0, 0.05) is 26.7 Å². The zero-order valence-electron chi connectivity index (χ0n) is 27.7. The van der Waals surface area contributed by atoms with Gasteiger partial charge in [0.05, 0.1) is 44.1 Å². The number of carbonyl (C=O) groups excluding carboxylic acids is 2. The minimum Gasteiger partial charge on any atom is -0.477 e. The molecule has 3 aliphatic heterocycles. The van der Waals surface area contributed by atoms with Crippen molar-refractivity contribution in [3.05, 3.63) is 0 Å². The second kappa shape index (κ2) is 17.6. The Bertz CT molecular complexity index is 1260. The molecule has 3 saturated heterocycles. The molecule has 2 amide bonds. The molecule has 0 aromatic carbocycles. The van der Waals surface area contributed by atoms with Gasteiger partial charge in [0.2, 0.25) is 11.8 Å². The lowest BCUT2D eigenvalue weighted by atomic mass is 9.87. The fourth-order valence-electron chi connectivity index (χ4n) is 6.16. The van der Waals surface area contributed by atoms with Gasteiger partial charge in [-0.05, 0) is 0 Å². The zero-order valence-corrected chi connectivity index (χ0v) is 27.7. The lowest BCUT2D eigenvalue weighted by molar-refractivity contribution is -0.351. The van der Waals surface area contributed by atoms with Gasteiger partial charge in [0.1, 0.15) is 61.0 Å². The predicted molar refractivity (Wildman–Crippen MR) is 159 cm³/mol. The van der Waals surface area contributed by atoms with Crippen LogP contribution in [0.3, 0.4) is 0 Å². The summed E-state index contributed by atoms with van der Waals surface area (Å²) in [6.07, 6.45) is -28.8. The van der Waals surface area contributed by atoms with Crippen molar-refractivity contribution in [1.29, 1.82) is 0 Å². The highest BCUT2D eigenvalue weighted by molar-refractivity contribution is 5.77. The average Bonchev–Trinajstić information content (AvgIpc) is 3.07. The Balaban J connectivity index is 1.99. The molecule has 300 valence electrons. The van der Waals surface area contributed by atoms with Crippen LogP contribution >= 0.6 is 0 Å². The summed E-state index contributed by atoms with van der Waals surface area (Å²) in [4.78, 5) is 49.2. The monoisotopic (exact) mass is 762 g/mol. The zero-order chi connectivity index (χ0) is 39.5. The van der Waals surface area contributed by atoms with E-state index in [0.29, 0.717) is 0 Å². The number of hydrogen-bond donors (Lipinski definition) is 15. The van der Waals surface area contributed by atoms with Crippen molar-refractivity contribution in [1.82, 2.24) is 10.6 Å². The van der Waals surface area contributed by atoms with E-state index in [0.717, 1.165) is 13.8 Å². The Kier molecular flexibility index (Phi) is 14.8. The smallest absolute Gasteiger partial charge is 0.364 e. The maximum absolute atomic E-state index is 12.7. The minimum atomic E-state index is -3.14. The fraction of sp³-hybridized carbons (Fsp3) is 0.857. The van der Waals surface area contributed by atoms with Gasteiger partial charge in [0.25, 0.3) is 11.6 Å². The number of hydrogen-bond acceptors (Lipinski definition) is 20. The first-order valence-corrected chi connectivity index (χ1v) is 15.8. The maximum atomic E-state index is 12.7. The standard InChI is InChI=1S/C28H46N2O22/c1-8(33)29-15-11(36)4-28(26(46)47,52-22(15)17(38)12(37)5-31)50-13(6-32)19(40)23-16(30-9(2)34)10(35)3-27(51-23,25(44)45)48-7-14-18(39)20(41)21(42)24(43)49-14/h10-24,31-32,35-43H,3-7H2,1-2H3,(H,29,33)(H,30,34)(H,44,45)(H,46,47)/t10-,11-,12+,13+,14+,15+,16+,17+,18-,19+,20-,21+,22+,23+,24-,27+,28+/m0/s1. The summed E-state index contributed by atoms with van der Waals surface area (Å²) in [6.45, 7) is -1.49. The largest absolute Gasteiger partial charge is 0.477 e. The van der Waals surface area contributed by atoms with E-state index in [1.54, 1.807) is 0 Å². The molecule has 17 atom stereocenters. The molecule has 0 radical (unpaired) electrons. The highest BCUT2D eigenvalue weighted by Gasteiger charge is 2.60. The number of amides is 2. The van der Waals surface area contributed by atoms with E-state index in [4.69, 9.17) is 23.7 Å². The molecule has 0 saturated carbocycles. The highest BCUT2D eigenvalue weighted by atomic mass is 16.8. The molecule has 3 aliphatic rings. The molecular weight excluding hydrogens is 716 g/mol. The highest BCUT2D eigenvalue weighted by Crippen LogP contribution is 2.38. The molecule has 0 bridgehead atoms. The summed E-state index contributed by atoms with van der Waals surface area (Å²) < 4.78 is 26.9. The van der Waals surface area contributed by atoms with Crippen molar-refractivity contribution in [2.24, 2.45) is 0 Å². The van der Waals surface area contributed by atoms with Gasteiger partial charge in [-0.2, -0.15) is 0 Å². The summed E-state index contributed by atoms with van der Waals surface area (Å²) >= 11 is 0. The summed E-state index contributed by atoms with van der Waals surface area (Å²) in [7, 11) is 0. The van der Waals surface area contributed by atoms with E-state index >= 15 is 0 Å². The fourth-order valence-corrected chi connectivity index (χ4v) is 6.16. The van der Waals surface area contributed by atoms with E-state index in [2.05, 4.69) is 10.6 Å². The van der Waals surface area contributed by atoms with Crippen molar-refractivity contribution < 1.29 is 109 Å². The van der Waals surface area contributed by atoms with Crippen LogP contribution in [0.2, 0.25) is 0 Å². The molecule has 3 fully saturated rings. The summed E-state index contributed by atoms with van der Waals surface area (Å²) in [6, 6.07) is -3.36. The van der Waals surface area contributed by atoms with Crippen LogP contribution in [0.1, 0.15) is 26.7 Å².